The van der Waals surface area contributed by atoms with Gasteiger partial charge in [-0.1, -0.05) is 129 Å². The molecule has 39 heavy (non-hydrogen) atoms. The van der Waals surface area contributed by atoms with E-state index in [9.17, 15) is 0 Å². The molecule has 0 fully saturated rings. The molecule has 0 aliphatic carbocycles. The summed E-state index contributed by atoms with van der Waals surface area (Å²) >= 11 is 0. The molecule has 194 valence electrons. The Balaban J connectivity index is 0.000000530. The van der Waals surface area contributed by atoms with Gasteiger partial charge in [-0.05, 0) is 41.5 Å². The summed E-state index contributed by atoms with van der Waals surface area (Å²) in [5.74, 6) is 0. The third-order valence-electron chi connectivity index (χ3n) is 6.49. The van der Waals surface area contributed by atoms with Crippen molar-refractivity contribution in [3.8, 4) is 0 Å². The monoisotopic (exact) mass is 582 g/mol. The van der Waals surface area contributed by atoms with Crippen LogP contribution in [0, 0.1) is 0 Å². The van der Waals surface area contributed by atoms with E-state index in [1.807, 2.05) is 30.3 Å². The fourth-order valence-electron chi connectivity index (χ4n) is 4.56. The molecular formula is C36H32FeP2. The van der Waals surface area contributed by atoms with E-state index < -0.39 is 15.8 Å². The van der Waals surface area contributed by atoms with Gasteiger partial charge in [0.1, 0.15) is 0 Å². The molecule has 0 N–H and O–H groups in total. The molecule has 0 radical (unpaired) electrons. The van der Waals surface area contributed by atoms with E-state index in [0.29, 0.717) is 0 Å². The molecule has 0 saturated carbocycles. The SMILES string of the molecule is [Fe+2].c1cc[cH-]c1.c1ccc(P(Cc2ccc[c-]2CP(c2ccccc2)c2ccccc2)c2ccccc2)cc1. The molecule has 0 saturated heterocycles. The molecule has 0 bridgehead atoms. The Bertz CT molecular complexity index is 1250. The fourth-order valence-corrected chi connectivity index (χ4v) is 9.31. The number of hydrogen-bond acceptors (Lipinski definition) is 0. The van der Waals surface area contributed by atoms with E-state index in [1.165, 1.54) is 32.3 Å². The van der Waals surface area contributed by atoms with Crippen molar-refractivity contribution in [1.82, 2.24) is 0 Å². The minimum Gasteiger partial charge on any atom is -0.214 e. The average molecular weight is 582 g/mol. The Morgan fingerprint density at radius 1 is 0.462 bits per heavy atom. The Kier molecular flexibility index (Phi) is 11.5. The summed E-state index contributed by atoms with van der Waals surface area (Å²) in [4.78, 5) is 0. The van der Waals surface area contributed by atoms with Crippen LogP contribution in [0.2, 0.25) is 0 Å². The second-order valence-electron chi connectivity index (χ2n) is 9.05. The summed E-state index contributed by atoms with van der Waals surface area (Å²) < 4.78 is 0. The van der Waals surface area contributed by atoms with Gasteiger partial charge in [0.05, 0.1) is 0 Å². The van der Waals surface area contributed by atoms with Crippen LogP contribution in [0.3, 0.4) is 0 Å². The summed E-state index contributed by atoms with van der Waals surface area (Å²) in [6.45, 7) is 0. The Morgan fingerprint density at radius 2 is 0.872 bits per heavy atom. The zero-order valence-electron chi connectivity index (χ0n) is 21.8. The van der Waals surface area contributed by atoms with Crippen molar-refractivity contribution >= 4 is 37.1 Å². The predicted octanol–water partition coefficient (Wildman–Crippen LogP) is 8.07. The van der Waals surface area contributed by atoms with E-state index in [4.69, 9.17) is 0 Å². The number of benzene rings is 4. The van der Waals surface area contributed by atoms with Gasteiger partial charge in [0.15, 0.2) is 0 Å². The maximum absolute atomic E-state index is 2.35. The molecule has 0 nitrogen and oxygen atoms in total. The minimum atomic E-state index is -0.444. The van der Waals surface area contributed by atoms with Crippen molar-refractivity contribution in [2.24, 2.45) is 0 Å². The van der Waals surface area contributed by atoms with Crippen LogP contribution in [-0.2, 0) is 29.4 Å². The zero-order chi connectivity index (χ0) is 25.8. The van der Waals surface area contributed by atoms with Gasteiger partial charge in [-0.3, -0.25) is 0 Å². The molecule has 0 aromatic heterocycles. The third kappa shape index (κ3) is 8.22. The summed E-state index contributed by atoms with van der Waals surface area (Å²) in [6, 6.07) is 61.1. The van der Waals surface area contributed by atoms with Gasteiger partial charge in [0, 0.05) is 0 Å². The molecule has 0 aliphatic rings. The van der Waals surface area contributed by atoms with Crippen LogP contribution in [0.15, 0.2) is 170 Å². The van der Waals surface area contributed by atoms with Crippen molar-refractivity contribution in [3.05, 3.63) is 181 Å². The van der Waals surface area contributed by atoms with E-state index in [0.717, 1.165) is 12.3 Å². The topological polar surface area (TPSA) is 0 Å². The van der Waals surface area contributed by atoms with Crippen LogP contribution < -0.4 is 21.2 Å². The summed E-state index contributed by atoms with van der Waals surface area (Å²) in [5, 5.41) is 5.77. The van der Waals surface area contributed by atoms with Crippen molar-refractivity contribution in [3.63, 3.8) is 0 Å². The van der Waals surface area contributed by atoms with Crippen molar-refractivity contribution in [2.45, 2.75) is 12.3 Å². The van der Waals surface area contributed by atoms with Gasteiger partial charge >= 0.3 is 17.1 Å². The van der Waals surface area contributed by atoms with Gasteiger partial charge in [-0.15, -0.1) is 5.56 Å². The van der Waals surface area contributed by atoms with Crippen molar-refractivity contribution in [1.29, 1.82) is 0 Å². The molecule has 0 atom stereocenters. The van der Waals surface area contributed by atoms with Gasteiger partial charge < -0.3 is 0 Å². The molecule has 0 spiro atoms. The molecule has 0 heterocycles. The minimum absolute atomic E-state index is 0. The van der Waals surface area contributed by atoms with E-state index >= 15 is 0 Å². The third-order valence-corrected chi connectivity index (χ3v) is 11.5. The van der Waals surface area contributed by atoms with Crippen LogP contribution >= 0.6 is 15.8 Å². The quantitative estimate of drug-likeness (QED) is 0.0968. The maximum atomic E-state index is 2.35. The first-order valence-electron chi connectivity index (χ1n) is 13.0. The number of hydrogen-bond donors (Lipinski definition) is 0. The van der Waals surface area contributed by atoms with Crippen LogP contribution in [0.5, 0.6) is 0 Å². The molecule has 0 unspecified atom stereocenters. The summed E-state index contributed by atoms with van der Waals surface area (Å²) in [5.41, 5.74) is 2.99. The van der Waals surface area contributed by atoms with Crippen LogP contribution in [0.1, 0.15) is 11.1 Å². The Labute approximate surface area is 246 Å². The van der Waals surface area contributed by atoms with Crippen LogP contribution in [-0.4, -0.2) is 0 Å². The van der Waals surface area contributed by atoms with E-state index in [-0.39, 0.29) is 17.1 Å². The van der Waals surface area contributed by atoms with E-state index in [2.05, 4.69) is 140 Å². The van der Waals surface area contributed by atoms with Gasteiger partial charge in [-0.25, -0.2) is 24.3 Å². The molecule has 0 amide bonds. The van der Waals surface area contributed by atoms with Gasteiger partial charge in [-0.2, -0.15) is 29.8 Å². The Morgan fingerprint density at radius 3 is 1.26 bits per heavy atom. The fraction of sp³-hybridized carbons (Fsp3) is 0.0556. The second-order valence-corrected chi connectivity index (χ2v) is 13.5. The molecule has 3 heteroatoms. The molecule has 6 rings (SSSR count). The second kappa shape index (κ2) is 15.5. The average Bonchev–Trinajstić information content (AvgIpc) is 3.72. The number of rotatable bonds is 8. The van der Waals surface area contributed by atoms with Gasteiger partial charge in [0.2, 0.25) is 0 Å². The first-order valence-corrected chi connectivity index (χ1v) is 16.1. The van der Waals surface area contributed by atoms with Crippen molar-refractivity contribution in [2.75, 3.05) is 0 Å². The first kappa shape index (κ1) is 29.0. The molecule has 0 aliphatic heterocycles. The maximum Gasteiger partial charge on any atom is 2.00 e. The van der Waals surface area contributed by atoms with Crippen molar-refractivity contribution < 1.29 is 17.1 Å². The zero-order valence-corrected chi connectivity index (χ0v) is 24.7. The van der Waals surface area contributed by atoms with E-state index in [1.54, 1.807) is 0 Å². The molecular weight excluding hydrogens is 550 g/mol. The largest absolute Gasteiger partial charge is 2.00 e. The summed E-state index contributed by atoms with van der Waals surface area (Å²) in [7, 11) is -0.888. The Hall–Kier alpha value is -3.04. The van der Waals surface area contributed by atoms with Gasteiger partial charge in [0.25, 0.3) is 0 Å². The smallest absolute Gasteiger partial charge is 0.214 e. The first-order chi connectivity index (χ1) is 18.9. The summed E-state index contributed by atoms with van der Waals surface area (Å²) in [6.07, 6.45) is 2.16. The van der Waals surface area contributed by atoms with Crippen LogP contribution in [0.4, 0.5) is 0 Å². The predicted molar refractivity (Wildman–Crippen MR) is 170 cm³/mol. The molecule has 6 aromatic rings. The normalized spacial score (nSPS) is 10.5. The molecule has 6 aromatic carbocycles. The van der Waals surface area contributed by atoms with Crippen LogP contribution in [0.25, 0.3) is 0 Å². The standard InChI is InChI=1S/C31H27P2.C5H5.Fe/c1-5-16-28(17-6-1)32(29-18-7-2-8-19-29)24-26-14-13-15-27(26)25-33(30-20-9-3-10-21-30)31-22-11-4-12-23-31;1-2-4-5-3-1;/h1-23H,24-25H2;1-5H;/q2*-1;+2.